The predicted octanol–water partition coefficient (Wildman–Crippen LogP) is 3.82. The number of sulfonamides is 1. The Morgan fingerprint density at radius 1 is 1.13 bits per heavy atom. The third kappa shape index (κ3) is 4.49. The van der Waals surface area contributed by atoms with E-state index >= 15 is 0 Å². The van der Waals surface area contributed by atoms with Crippen LogP contribution in [-0.4, -0.2) is 25.1 Å². The van der Waals surface area contributed by atoms with E-state index in [4.69, 9.17) is 4.74 Å². The Kier molecular flexibility index (Phi) is 5.91. The Morgan fingerprint density at radius 2 is 1.80 bits per heavy atom. The molecule has 6 nitrogen and oxygen atoms in total. The van der Waals surface area contributed by atoms with Crippen LogP contribution in [0.5, 0.6) is 5.75 Å². The molecule has 0 amide bonds. The fourth-order valence-corrected chi connectivity index (χ4v) is 4.23. The molecule has 3 rings (SSSR count). The van der Waals surface area contributed by atoms with Crippen LogP contribution in [0.2, 0.25) is 0 Å². The molecule has 0 aliphatic carbocycles. The zero-order valence-corrected chi connectivity index (χ0v) is 17.3. The second-order valence-corrected chi connectivity index (χ2v) is 8.41. The third-order valence-corrected chi connectivity index (χ3v) is 6.08. The minimum atomic E-state index is -4.66. The molecule has 0 aliphatic heterocycles. The molecule has 160 valence electrons. The van der Waals surface area contributed by atoms with Crippen molar-refractivity contribution in [3.8, 4) is 5.75 Å². The number of aryl methyl sites for hydroxylation is 2. The molecule has 1 N–H and O–H groups in total. The van der Waals surface area contributed by atoms with E-state index < -0.39 is 32.7 Å². The fraction of sp³-hybridized carbons (Fsp3) is 0.250. The molecule has 0 fully saturated rings. The van der Waals surface area contributed by atoms with E-state index in [1.54, 1.807) is 42.1 Å². The van der Waals surface area contributed by atoms with Gasteiger partial charge in [-0.15, -0.1) is 0 Å². The van der Waals surface area contributed by atoms with E-state index in [1.165, 1.54) is 20.2 Å². The molecule has 0 radical (unpaired) electrons. The van der Waals surface area contributed by atoms with Crippen LogP contribution in [0.4, 0.5) is 13.2 Å². The van der Waals surface area contributed by atoms with Gasteiger partial charge >= 0.3 is 6.18 Å². The van der Waals surface area contributed by atoms with Crippen molar-refractivity contribution in [2.24, 2.45) is 7.05 Å². The van der Waals surface area contributed by atoms with Gasteiger partial charge in [-0.2, -0.15) is 17.9 Å². The molecule has 1 atom stereocenters. The van der Waals surface area contributed by atoms with Crippen molar-refractivity contribution < 1.29 is 26.3 Å². The molecule has 0 spiro atoms. The lowest BCUT2D eigenvalue weighted by Crippen LogP contribution is -2.31. The van der Waals surface area contributed by atoms with E-state index in [2.05, 4.69) is 9.71 Å². The summed E-state index contributed by atoms with van der Waals surface area (Å²) < 4.78 is 75.0. The maximum absolute atomic E-state index is 13.3. The first-order valence-electron chi connectivity index (χ1n) is 8.84. The first kappa shape index (κ1) is 21.8. The minimum Gasteiger partial charge on any atom is -0.497 e. The van der Waals surface area contributed by atoms with Crippen molar-refractivity contribution in [3.05, 3.63) is 77.4 Å². The quantitative estimate of drug-likeness (QED) is 0.634. The highest BCUT2D eigenvalue weighted by Gasteiger charge is 2.34. The van der Waals surface area contributed by atoms with E-state index in [9.17, 15) is 21.6 Å². The van der Waals surface area contributed by atoms with Crippen molar-refractivity contribution >= 4 is 10.0 Å². The molecular formula is C20H20F3N3O3S. The summed E-state index contributed by atoms with van der Waals surface area (Å²) in [4.78, 5) is 3.73. The highest BCUT2D eigenvalue weighted by molar-refractivity contribution is 7.89. The highest BCUT2D eigenvalue weighted by Crippen LogP contribution is 2.34. The molecule has 0 aliphatic rings. The number of hydrogen-bond donors (Lipinski definition) is 1. The van der Waals surface area contributed by atoms with Gasteiger partial charge in [-0.3, -0.25) is 0 Å². The second kappa shape index (κ2) is 8.11. The Labute approximate surface area is 172 Å². The summed E-state index contributed by atoms with van der Waals surface area (Å²) in [5, 5.41) is 0. The summed E-state index contributed by atoms with van der Waals surface area (Å²) in [6.45, 7) is 1.28. The number of benzene rings is 2. The van der Waals surface area contributed by atoms with Crippen molar-refractivity contribution in [2.45, 2.75) is 24.0 Å². The standard InChI is InChI=1S/C20H20F3N3O3S/c1-13-4-9-16(12-17(13)20(21,22)23)30(27,28)25-18(19-24-10-11-26(19)2)14-5-7-15(29-3)8-6-14/h4-12,18,25H,1-3H3. The summed E-state index contributed by atoms with van der Waals surface area (Å²) in [5.41, 5.74) is -0.502. The number of hydrogen-bond acceptors (Lipinski definition) is 4. The van der Waals surface area contributed by atoms with E-state index in [1.807, 2.05) is 0 Å². The lowest BCUT2D eigenvalue weighted by atomic mass is 10.1. The number of imidazole rings is 1. The largest absolute Gasteiger partial charge is 0.497 e. The molecule has 30 heavy (non-hydrogen) atoms. The third-order valence-electron chi connectivity index (χ3n) is 4.66. The van der Waals surface area contributed by atoms with Crippen molar-refractivity contribution in [1.82, 2.24) is 14.3 Å². The van der Waals surface area contributed by atoms with Crippen LogP contribution in [-0.2, 0) is 23.2 Å². The molecule has 1 heterocycles. The molecular weight excluding hydrogens is 419 g/mol. The maximum Gasteiger partial charge on any atom is 0.416 e. The topological polar surface area (TPSA) is 73.2 Å². The number of methoxy groups -OCH3 is 1. The highest BCUT2D eigenvalue weighted by atomic mass is 32.2. The Bertz CT molecular complexity index is 1140. The molecule has 0 saturated carbocycles. The van der Waals surface area contributed by atoms with Crippen LogP contribution in [0.25, 0.3) is 0 Å². The zero-order valence-electron chi connectivity index (χ0n) is 16.4. The summed E-state index contributed by atoms with van der Waals surface area (Å²) in [7, 11) is -1.10. The first-order valence-corrected chi connectivity index (χ1v) is 10.3. The zero-order chi connectivity index (χ0) is 22.1. The molecule has 1 aromatic heterocycles. The van der Waals surface area contributed by atoms with Crippen molar-refractivity contribution in [2.75, 3.05) is 7.11 Å². The van der Waals surface area contributed by atoms with Crippen molar-refractivity contribution in [3.63, 3.8) is 0 Å². The van der Waals surface area contributed by atoms with E-state index in [0.717, 1.165) is 12.1 Å². The summed E-state index contributed by atoms with van der Waals surface area (Å²) >= 11 is 0. The molecule has 0 saturated heterocycles. The van der Waals surface area contributed by atoms with Gasteiger partial charge in [0.25, 0.3) is 0 Å². The Balaban J connectivity index is 2.05. The van der Waals surface area contributed by atoms with Gasteiger partial charge in [-0.1, -0.05) is 18.2 Å². The van der Waals surface area contributed by atoms with Gasteiger partial charge in [0.15, 0.2) is 0 Å². The molecule has 10 heteroatoms. The van der Waals surface area contributed by atoms with Gasteiger partial charge in [-0.05, 0) is 42.3 Å². The van der Waals surface area contributed by atoms with Gasteiger partial charge < -0.3 is 9.30 Å². The van der Waals surface area contributed by atoms with Gasteiger partial charge in [0.1, 0.15) is 17.6 Å². The van der Waals surface area contributed by atoms with Crippen LogP contribution in [0.3, 0.4) is 0 Å². The van der Waals surface area contributed by atoms with E-state index in [0.29, 0.717) is 23.2 Å². The van der Waals surface area contributed by atoms with Gasteiger partial charge in [0.05, 0.1) is 17.6 Å². The van der Waals surface area contributed by atoms with Crippen LogP contribution in [0.15, 0.2) is 59.8 Å². The second-order valence-electron chi connectivity index (χ2n) is 6.70. The predicted molar refractivity (Wildman–Crippen MR) is 105 cm³/mol. The number of nitrogens with one attached hydrogen (secondary N) is 1. The lowest BCUT2D eigenvalue weighted by Gasteiger charge is -2.20. The Hall–Kier alpha value is -2.85. The lowest BCUT2D eigenvalue weighted by molar-refractivity contribution is -0.138. The number of alkyl halides is 3. The average Bonchev–Trinajstić information content (AvgIpc) is 3.11. The maximum atomic E-state index is 13.3. The number of nitrogens with zero attached hydrogens (tertiary/aromatic N) is 2. The monoisotopic (exact) mass is 439 g/mol. The average molecular weight is 439 g/mol. The summed E-state index contributed by atoms with van der Waals surface area (Å²) in [5.74, 6) is 0.959. The Morgan fingerprint density at radius 3 is 2.33 bits per heavy atom. The normalized spacial score (nSPS) is 13.3. The number of halogens is 3. The van der Waals surface area contributed by atoms with Crippen LogP contribution >= 0.6 is 0 Å². The first-order chi connectivity index (χ1) is 14.0. The minimum absolute atomic E-state index is 0.0581. The van der Waals surface area contributed by atoms with Crippen LogP contribution in [0, 0.1) is 6.92 Å². The van der Waals surface area contributed by atoms with Gasteiger partial charge in [-0.25, -0.2) is 13.4 Å². The van der Waals surface area contributed by atoms with Gasteiger partial charge in [0, 0.05) is 19.4 Å². The smallest absolute Gasteiger partial charge is 0.416 e. The molecule has 3 aromatic rings. The molecule has 0 bridgehead atoms. The number of rotatable bonds is 6. The van der Waals surface area contributed by atoms with Crippen molar-refractivity contribution in [1.29, 1.82) is 0 Å². The molecule has 1 unspecified atom stereocenters. The van der Waals surface area contributed by atoms with Gasteiger partial charge in [0.2, 0.25) is 10.0 Å². The van der Waals surface area contributed by atoms with Crippen LogP contribution < -0.4 is 9.46 Å². The number of aromatic nitrogens is 2. The summed E-state index contributed by atoms with van der Waals surface area (Å²) in [6, 6.07) is 8.66. The summed E-state index contributed by atoms with van der Waals surface area (Å²) in [6.07, 6.45) is -1.51. The molecule has 2 aromatic carbocycles. The SMILES string of the molecule is COc1ccc(C(NS(=O)(=O)c2ccc(C)c(C(F)(F)F)c2)c2nccn2C)cc1. The van der Waals surface area contributed by atoms with E-state index in [-0.39, 0.29) is 5.56 Å². The van der Waals surface area contributed by atoms with Crippen LogP contribution in [0.1, 0.15) is 28.6 Å². The number of ether oxygens (including phenoxy) is 1. The fourth-order valence-electron chi connectivity index (χ4n) is 3.02.